The maximum Gasteiger partial charge on any atom is 0.337 e. The van der Waals surface area contributed by atoms with E-state index >= 15 is 0 Å². The maximum atomic E-state index is 11.3. The van der Waals surface area contributed by atoms with Crippen LogP contribution in [0.4, 0.5) is 5.69 Å². The molecule has 0 saturated heterocycles. The van der Waals surface area contributed by atoms with Crippen molar-refractivity contribution in [1.82, 2.24) is 4.98 Å². The summed E-state index contributed by atoms with van der Waals surface area (Å²) in [6.07, 6.45) is 1.20. The largest absolute Gasteiger partial charge is 0.478 e. The first-order valence-electron chi connectivity index (χ1n) is 6.40. The fourth-order valence-corrected chi connectivity index (χ4v) is 2.49. The van der Waals surface area contributed by atoms with Crippen LogP contribution in [0.25, 0.3) is 11.3 Å². The molecule has 0 radical (unpaired) electrons. The second-order valence-electron chi connectivity index (χ2n) is 4.95. The van der Waals surface area contributed by atoms with Gasteiger partial charge in [-0.15, -0.1) is 0 Å². The molecule has 0 aliphatic carbocycles. The van der Waals surface area contributed by atoms with Crippen molar-refractivity contribution < 1.29 is 14.7 Å². The highest BCUT2D eigenvalue weighted by atomic mass is 16.4. The second-order valence-corrected chi connectivity index (χ2v) is 4.95. The first kappa shape index (κ1) is 12.5. The number of hydrogen-bond donors (Lipinski definition) is 3. The molecule has 3 rings (SSSR count). The third-order valence-corrected chi connectivity index (χ3v) is 3.56. The van der Waals surface area contributed by atoms with Crippen molar-refractivity contribution >= 4 is 17.6 Å². The number of aromatic carboxylic acids is 1. The number of nitrogens with one attached hydrogen (secondary N) is 2. The van der Waals surface area contributed by atoms with E-state index in [0.29, 0.717) is 18.5 Å². The molecule has 2 aromatic rings. The van der Waals surface area contributed by atoms with Crippen LogP contribution < -0.4 is 5.32 Å². The van der Waals surface area contributed by atoms with Gasteiger partial charge in [-0.2, -0.15) is 0 Å². The van der Waals surface area contributed by atoms with Crippen molar-refractivity contribution in [3.8, 4) is 11.3 Å². The summed E-state index contributed by atoms with van der Waals surface area (Å²) >= 11 is 0. The number of carboxylic acid groups (broad SMARTS) is 1. The van der Waals surface area contributed by atoms with Crippen molar-refractivity contribution in [2.75, 3.05) is 5.32 Å². The summed E-state index contributed by atoms with van der Waals surface area (Å²) in [5.74, 6) is -0.899. The lowest BCUT2D eigenvalue weighted by molar-refractivity contribution is -0.116. The first-order valence-corrected chi connectivity index (χ1v) is 6.40. The van der Waals surface area contributed by atoms with E-state index < -0.39 is 5.97 Å². The Hall–Kier alpha value is -2.56. The average molecular weight is 270 g/mol. The standard InChI is InChI=1S/C15H14N2O3/c1-8-11(15(19)20)7-13(16-8)10-2-4-12-9(6-10)3-5-14(18)17-12/h2,4,6-7,16H,3,5H2,1H3,(H,17,18)(H,19,20). The van der Waals surface area contributed by atoms with Crippen LogP contribution in [0, 0.1) is 6.92 Å². The van der Waals surface area contributed by atoms with Crippen molar-refractivity contribution in [2.45, 2.75) is 19.8 Å². The minimum Gasteiger partial charge on any atom is -0.478 e. The van der Waals surface area contributed by atoms with Crippen molar-refractivity contribution in [3.05, 3.63) is 41.1 Å². The van der Waals surface area contributed by atoms with Gasteiger partial charge in [-0.05, 0) is 42.7 Å². The third-order valence-electron chi connectivity index (χ3n) is 3.56. The van der Waals surface area contributed by atoms with Gasteiger partial charge < -0.3 is 15.4 Å². The average Bonchev–Trinajstić information content (AvgIpc) is 2.80. The van der Waals surface area contributed by atoms with Crippen LogP contribution in [0.15, 0.2) is 24.3 Å². The zero-order chi connectivity index (χ0) is 14.3. The fraction of sp³-hybridized carbons (Fsp3) is 0.200. The fourth-order valence-electron chi connectivity index (χ4n) is 2.49. The van der Waals surface area contributed by atoms with E-state index in [-0.39, 0.29) is 11.5 Å². The zero-order valence-corrected chi connectivity index (χ0v) is 11.0. The van der Waals surface area contributed by atoms with Gasteiger partial charge in [0.25, 0.3) is 0 Å². The molecule has 1 aliphatic rings. The highest BCUT2D eigenvalue weighted by Gasteiger charge is 2.17. The van der Waals surface area contributed by atoms with E-state index in [1.807, 2.05) is 18.2 Å². The Kier molecular flexibility index (Phi) is 2.82. The van der Waals surface area contributed by atoms with Crippen molar-refractivity contribution in [3.63, 3.8) is 0 Å². The summed E-state index contributed by atoms with van der Waals surface area (Å²) in [4.78, 5) is 25.5. The van der Waals surface area contributed by atoms with Crippen LogP contribution in [-0.4, -0.2) is 22.0 Å². The molecular formula is C15H14N2O3. The second kappa shape index (κ2) is 4.52. The van der Waals surface area contributed by atoms with Gasteiger partial charge in [0.15, 0.2) is 0 Å². The molecule has 0 spiro atoms. The van der Waals surface area contributed by atoms with Crippen LogP contribution in [0.5, 0.6) is 0 Å². The number of anilines is 1. The lowest BCUT2D eigenvalue weighted by Gasteiger charge is -2.17. The summed E-state index contributed by atoms with van der Waals surface area (Å²) in [6.45, 7) is 1.74. The minimum atomic E-state index is -0.935. The van der Waals surface area contributed by atoms with Crippen LogP contribution in [0.3, 0.4) is 0 Å². The Morgan fingerprint density at radius 2 is 2.05 bits per heavy atom. The zero-order valence-electron chi connectivity index (χ0n) is 11.0. The van der Waals surface area contributed by atoms with Gasteiger partial charge >= 0.3 is 5.97 Å². The highest BCUT2D eigenvalue weighted by molar-refractivity contribution is 5.94. The Balaban J connectivity index is 2.01. The minimum absolute atomic E-state index is 0.0362. The molecule has 0 fully saturated rings. The summed E-state index contributed by atoms with van der Waals surface area (Å²) < 4.78 is 0. The predicted molar refractivity (Wildman–Crippen MR) is 74.9 cm³/mol. The molecule has 102 valence electrons. The van der Waals surface area contributed by atoms with E-state index in [0.717, 1.165) is 22.5 Å². The van der Waals surface area contributed by atoms with Crippen LogP contribution in [0.2, 0.25) is 0 Å². The van der Waals surface area contributed by atoms with Crippen molar-refractivity contribution in [1.29, 1.82) is 0 Å². The Morgan fingerprint density at radius 1 is 1.25 bits per heavy atom. The first-order chi connectivity index (χ1) is 9.54. The summed E-state index contributed by atoms with van der Waals surface area (Å²) in [7, 11) is 0. The molecule has 1 amide bonds. The Labute approximate surface area is 115 Å². The van der Waals surface area contributed by atoms with Gasteiger partial charge in [-0.25, -0.2) is 4.79 Å². The molecule has 1 aromatic carbocycles. The molecule has 2 heterocycles. The Bertz CT molecular complexity index is 716. The third kappa shape index (κ3) is 2.07. The maximum absolute atomic E-state index is 11.3. The quantitative estimate of drug-likeness (QED) is 0.784. The number of aromatic nitrogens is 1. The number of amides is 1. The monoisotopic (exact) mass is 270 g/mol. The number of fused-ring (bicyclic) bond motifs is 1. The molecule has 20 heavy (non-hydrogen) atoms. The SMILES string of the molecule is Cc1[nH]c(-c2ccc3c(c2)CCC(=O)N3)cc1C(=O)O. The number of aromatic amines is 1. The number of hydrogen-bond acceptors (Lipinski definition) is 2. The van der Waals surface area contributed by atoms with Gasteiger partial charge in [-0.3, -0.25) is 4.79 Å². The van der Waals surface area contributed by atoms with Gasteiger partial charge in [-0.1, -0.05) is 6.07 Å². The molecule has 0 bridgehead atoms. The summed E-state index contributed by atoms with van der Waals surface area (Å²) in [6, 6.07) is 7.37. The molecule has 3 N–H and O–H groups in total. The number of carbonyl (C=O) groups excluding carboxylic acids is 1. The molecule has 5 nitrogen and oxygen atoms in total. The number of aryl methyl sites for hydroxylation is 2. The lowest BCUT2D eigenvalue weighted by Crippen LogP contribution is -2.18. The molecule has 0 saturated carbocycles. The molecule has 1 aliphatic heterocycles. The van der Waals surface area contributed by atoms with Crippen LogP contribution in [-0.2, 0) is 11.2 Å². The molecular weight excluding hydrogens is 256 g/mol. The summed E-state index contributed by atoms with van der Waals surface area (Å²) in [5.41, 5.74) is 4.54. The van der Waals surface area contributed by atoms with E-state index in [1.165, 1.54) is 0 Å². The molecule has 5 heteroatoms. The van der Waals surface area contributed by atoms with Gasteiger partial charge in [0, 0.05) is 23.5 Å². The highest BCUT2D eigenvalue weighted by Crippen LogP contribution is 2.29. The topological polar surface area (TPSA) is 82.2 Å². The van der Waals surface area contributed by atoms with Gasteiger partial charge in [0.05, 0.1) is 5.56 Å². The number of H-pyrrole nitrogens is 1. The number of carbonyl (C=O) groups is 2. The normalized spacial score (nSPS) is 13.8. The predicted octanol–water partition coefficient (Wildman–Crippen LogP) is 2.57. The summed E-state index contributed by atoms with van der Waals surface area (Å²) in [5, 5.41) is 11.9. The van der Waals surface area contributed by atoms with E-state index in [2.05, 4.69) is 10.3 Å². The van der Waals surface area contributed by atoms with E-state index in [9.17, 15) is 9.59 Å². The van der Waals surface area contributed by atoms with Gasteiger partial charge in [0.1, 0.15) is 0 Å². The molecule has 0 unspecified atom stereocenters. The number of rotatable bonds is 2. The number of carboxylic acids is 1. The van der Waals surface area contributed by atoms with E-state index in [1.54, 1.807) is 13.0 Å². The van der Waals surface area contributed by atoms with E-state index in [4.69, 9.17) is 5.11 Å². The molecule has 0 atom stereocenters. The smallest absolute Gasteiger partial charge is 0.337 e. The van der Waals surface area contributed by atoms with Crippen LogP contribution >= 0.6 is 0 Å². The van der Waals surface area contributed by atoms with Crippen molar-refractivity contribution in [2.24, 2.45) is 0 Å². The lowest BCUT2D eigenvalue weighted by atomic mass is 9.99. The van der Waals surface area contributed by atoms with Gasteiger partial charge in [0.2, 0.25) is 5.91 Å². The number of benzene rings is 1. The Morgan fingerprint density at radius 3 is 2.75 bits per heavy atom. The van der Waals surface area contributed by atoms with Crippen LogP contribution in [0.1, 0.15) is 28.0 Å². The molecule has 1 aromatic heterocycles.